The molecule has 0 bridgehead atoms. The van der Waals surface area contributed by atoms with Gasteiger partial charge in [-0.1, -0.05) is 18.2 Å². The Hall–Kier alpha value is -1.81. The SMILES string of the molecule is C=CCNc1ccccc1C(=O)N1CCC[C@]2(CCN(C)C2)C1. The number of anilines is 1. The van der Waals surface area contributed by atoms with E-state index in [9.17, 15) is 4.79 Å². The zero-order valence-corrected chi connectivity index (χ0v) is 14.1. The van der Waals surface area contributed by atoms with Gasteiger partial charge in [-0.05, 0) is 45.0 Å². The summed E-state index contributed by atoms with van der Waals surface area (Å²) in [7, 11) is 2.18. The summed E-state index contributed by atoms with van der Waals surface area (Å²) in [5.41, 5.74) is 1.99. The summed E-state index contributed by atoms with van der Waals surface area (Å²) in [5, 5.41) is 3.28. The number of piperidine rings is 1. The maximum atomic E-state index is 13.1. The topological polar surface area (TPSA) is 35.6 Å². The lowest BCUT2D eigenvalue weighted by molar-refractivity contribution is 0.0535. The van der Waals surface area contributed by atoms with E-state index >= 15 is 0 Å². The monoisotopic (exact) mass is 313 g/mol. The largest absolute Gasteiger partial charge is 0.381 e. The van der Waals surface area contributed by atoms with Crippen molar-refractivity contribution in [1.82, 2.24) is 9.80 Å². The molecule has 1 atom stereocenters. The van der Waals surface area contributed by atoms with Crippen LogP contribution in [-0.2, 0) is 0 Å². The van der Waals surface area contributed by atoms with Crippen LogP contribution in [0.2, 0.25) is 0 Å². The van der Waals surface area contributed by atoms with Crippen molar-refractivity contribution in [3.8, 4) is 0 Å². The summed E-state index contributed by atoms with van der Waals surface area (Å²) >= 11 is 0. The number of nitrogens with zero attached hydrogens (tertiary/aromatic N) is 2. The van der Waals surface area contributed by atoms with Gasteiger partial charge in [-0.3, -0.25) is 4.79 Å². The van der Waals surface area contributed by atoms with Crippen LogP contribution in [0.5, 0.6) is 0 Å². The Morgan fingerprint density at radius 2 is 2.13 bits per heavy atom. The third kappa shape index (κ3) is 3.42. The van der Waals surface area contributed by atoms with E-state index in [1.807, 2.05) is 30.3 Å². The van der Waals surface area contributed by atoms with Crippen LogP contribution in [0.15, 0.2) is 36.9 Å². The van der Waals surface area contributed by atoms with Crippen molar-refractivity contribution >= 4 is 11.6 Å². The van der Waals surface area contributed by atoms with Gasteiger partial charge in [0.1, 0.15) is 0 Å². The Labute approximate surface area is 139 Å². The van der Waals surface area contributed by atoms with E-state index in [-0.39, 0.29) is 5.91 Å². The number of hydrogen-bond acceptors (Lipinski definition) is 3. The Balaban J connectivity index is 1.76. The first kappa shape index (κ1) is 16.1. The lowest BCUT2D eigenvalue weighted by atomic mass is 9.79. The Bertz CT molecular complexity index is 582. The van der Waals surface area contributed by atoms with Crippen LogP contribution in [0.4, 0.5) is 5.69 Å². The van der Waals surface area contributed by atoms with Gasteiger partial charge in [-0.2, -0.15) is 0 Å². The predicted octanol–water partition coefficient (Wildman–Crippen LogP) is 2.84. The Kier molecular flexibility index (Phi) is 4.71. The molecule has 1 aromatic rings. The highest BCUT2D eigenvalue weighted by molar-refractivity contribution is 5.99. The van der Waals surface area contributed by atoms with Crippen molar-refractivity contribution < 1.29 is 4.79 Å². The summed E-state index contributed by atoms with van der Waals surface area (Å²) in [6, 6.07) is 7.80. The first-order chi connectivity index (χ1) is 11.1. The van der Waals surface area contributed by atoms with Crippen LogP contribution < -0.4 is 5.32 Å². The molecule has 3 rings (SSSR count). The average Bonchev–Trinajstić information content (AvgIpc) is 2.92. The molecule has 1 N–H and O–H groups in total. The minimum absolute atomic E-state index is 0.158. The van der Waals surface area contributed by atoms with E-state index in [0.29, 0.717) is 12.0 Å². The number of rotatable bonds is 4. The number of hydrogen-bond donors (Lipinski definition) is 1. The molecule has 2 aliphatic heterocycles. The molecule has 2 aliphatic rings. The number of carbonyl (C=O) groups excluding carboxylic acids is 1. The second-order valence-electron chi connectivity index (χ2n) is 7.03. The van der Waals surface area contributed by atoms with Gasteiger partial charge in [0, 0.05) is 37.3 Å². The Morgan fingerprint density at radius 1 is 1.30 bits per heavy atom. The van der Waals surface area contributed by atoms with Crippen LogP contribution in [0.25, 0.3) is 0 Å². The zero-order chi connectivity index (χ0) is 16.3. The summed E-state index contributed by atoms with van der Waals surface area (Å²) in [6.07, 6.45) is 5.38. The summed E-state index contributed by atoms with van der Waals surface area (Å²) < 4.78 is 0. The first-order valence-corrected chi connectivity index (χ1v) is 8.55. The van der Waals surface area contributed by atoms with Gasteiger partial charge >= 0.3 is 0 Å². The van der Waals surface area contributed by atoms with Gasteiger partial charge in [-0.15, -0.1) is 6.58 Å². The van der Waals surface area contributed by atoms with Crippen LogP contribution in [0, 0.1) is 5.41 Å². The highest BCUT2D eigenvalue weighted by Crippen LogP contribution is 2.39. The molecular formula is C19H27N3O. The third-order valence-electron chi connectivity index (χ3n) is 5.17. The van der Waals surface area contributed by atoms with Gasteiger partial charge in [0.2, 0.25) is 0 Å². The number of likely N-dealkylation sites (tertiary alicyclic amines) is 2. The van der Waals surface area contributed by atoms with Crippen LogP contribution in [0.1, 0.15) is 29.6 Å². The molecule has 124 valence electrons. The van der Waals surface area contributed by atoms with Crippen molar-refractivity contribution in [2.45, 2.75) is 19.3 Å². The van der Waals surface area contributed by atoms with Crippen molar-refractivity contribution in [2.75, 3.05) is 45.1 Å². The number of carbonyl (C=O) groups is 1. The molecule has 1 amide bonds. The van der Waals surface area contributed by atoms with E-state index in [1.165, 1.54) is 12.8 Å². The second-order valence-corrected chi connectivity index (χ2v) is 7.03. The first-order valence-electron chi connectivity index (χ1n) is 8.55. The van der Waals surface area contributed by atoms with Crippen LogP contribution in [-0.4, -0.2) is 55.5 Å². The quantitative estimate of drug-likeness (QED) is 0.868. The van der Waals surface area contributed by atoms with Gasteiger partial charge < -0.3 is 15.1 Å². The normalized spacial score (nSPS) is 24.8. The minimum Gasteiger partial charge on any atom is -0.381 e. The number of para-hydroxylation sites is 1. The smallest absolute Gasteiger partial charge is 0.255 e. The number of benzene rings is 1. The molecule has 0 saturated carbocycles. The van der Waals surface area contributed by atoms with Crippen LogP contribution >= 0.6 is 0 Å². The molecule has 4 heteroatoms. The molecule has 1 spiro atoms. The molecule has 0 aromatic heterocycles. The summed E-state index contributed by atoms with van der Waals surface area (Å²) in [6.45, 7) is 8.44. The molecule has 23 heavy (non-hydrogen) atoms. The lowest BCUT2D eigenvalue weighted by Gasteiger charge is -2.40. The van der Waals surface area contributed by atoms with Gasteiger partial charge in [0.05, 0.1) is 5.56 Å². The predicted molar refractivity (Wildman–Crippen MR) is 94.8 cm³/mol. The van der Waals surface area contributed by atoms with Gasteiger partial charge in [0.15, 0.2) is 0 Å². The van der Waals surface area contributed by atoms with Gasteiger partial charge in [-0.25, -0.2) is 0 Å². The molecule has 2 fully saturated rings. The molecule has 0 unspecified atom stereocenters. The summed E-state index contributed by atoms with van der Waals surface area (Å²) in [5.74, 6) is 0.158. The molecule has 2 heterocycles. The maximum absolute atomic E-state index is 13.1. The fourth-order valence-corrected chi connectivity index (χ4v) is 4.05. The Morgan fingerprint density at radius 3 is 2.87 bits per heavy atom. The van der Waals surface area contributed by atoms with Gasteiger partial charge in [0.25, 0.3) is 5.91 Å². The second kappa shape index (κ2) is 6.75. The van der Waals surface area contributed by atoms with E-state index < -0.39 is 0 Å². The summed E-state index contributed by atoms with van der Waals surface area (Å²) in [4.78, 5) is 17.5. The number of nitrogens with one attached hydrogen (secondary N) is 1. The van der Waals surface area contributed by atoms with Crippen molar-refractivity contribution in [1.29, 1.82) is 0 Å². The molecule has 2 saturated heterocycles. The number of amides is 1. The van der Waals surface area contributed by atoms with E-state index in [1.54, 1.807) is 0 Å². The third-order valence-corrected chi connectivity index (χ3v) is 5.17. The fraction of sp³-hybridized carbons (Fsp3) is 0.526. The van der Waals surface area contributed by atoms with E-state index in [4.69, 9.17) is 0 Å². The molecule has 0 radical (unpaired) electrons. The zero-order valence-electron chi connectivity index (χ0n) is 14.1. The van der Waals surface area contributed by atoms with Crippen molar-refractivity contribution in [2.24, 2.45) is 5.41 Å². The highest BCUT2D eigenvalue weighted by atomic mass is 16.2. The fourth-order valence-electron chi connectivity index (χ4n) is 4.05. The molecule has 1 aromatic carbocycles. The van der Waals surface area contributed by atoms with Crippen molar-refractivity contribution in [3.05, 3.63) is 42.5 Å². The molecule has 0 aliphatic carbocycles. The van der Waals surface area contributed by atoms with E-state index in [2.05, 4.69) is 28.7 Å². The lowest BCUT2D eigenvalue weighted by Crippen LogP contribution is -2.47. The average molecular weight is 313 g/mol. The maximum Gasteiger partial charge on any atom is 0.255 e. The standard InChI is InChI=1S/C19H27N3O/c1-3-11-20-17-8-5-4-7-16(17)18(23)22-12-6-9-19(15-22)10-13-21(2)14-19/h3-5,7-8,20H,1,6,9-15H2,2H3/t19-/m1/s1. The molecule has 4 nitrogen and oxygen atoms in total. The van der Waals surface area contributed by atoms with Crippen molar-refractivity contribution in [3.63, 3.8) is 0 Å². The minimum atomic E-state index is 0.158. The highest BCUT2D eigenvalue weighted by Gasteiger charge is 2.41. The molecular weight excluding hydrogens is 286 g/mol. The van der Waals surface area contributed by atoms with Crippen LogP contribution in [0.3, 0.4) is 0 Å². The van der Waals surface area contributed by atoms with E-state index in [0.717, 1.165) is 43.9 Å².